The number of aromatic nitrogens is 3. The van der Waals surface area contributed by atoms with Crippen molar-refractivity contribution in [1.82, 2.24) is 20.3 Å². The van der Waals surface area contributed by atoms with Gasteiger partial charge >= 0.3 is 6.36 Å². The number of halogens is 3. The van der Waals surface area contributed by atoms with Crippen LogP contribution < -0.4 is 21.5 Å². The molecule has 2 rings (SSSR count). The largest absolute Gasteiger partial charge is 0.573 e. The number of nitrogens with one attached hydrogen (secondary N) is 1. The van der Waals surface area contributed by atoms with Crippen LogP contribution in [-0.4, -0.2) is 33.5 Å². The SMILES string of the molecule is N/C(=C\C=C(/N)NC(=O)Cc1cccc(OC(F)(F)F)c1)CCCCn1cc(C=O)nn1. The van der Waals surface area contributed by atoms with Gasteiger partial charge in [0.2, 0.25) is 5.91 Å². The molecule has 0 radical (unpaired) electrons. The first kappa shape index (κ1) is 24.4. The van der Waals surface area contributed by atoms with Gasteiger partial charge in [0.15, 0.2) is 6.29 Å². The van der Waals surface area contributed by atoms with E-state index in [9.17, 15) is 22.8 Å². The molecular weight excluding hydrogens is 429 g/mol. The standard InChI is InChI=1S/C20H23F3N6O3/c21-20(22,23)32-17-6-3-4-14(10-17)11-19(31)26-18(25)8-7-15(24)5-1-2-9-29-12-16(13-30)27-28-29/h3-4,6-8,10,12-13H,1-2,5,9,11,24-25H2,(H,26,31)/b15-7-,18-8+. The van der Waals surface area contributed by atoms with Gasteiger partial charge in [-0.2, -0.15) is 0 Å². The van der Waals surface area contributed by atoms with E-state index in [-0.39, 0.29) is 17.9 Å². The number of amides is 1. The van der Waals surface area contributed by atoms with Gasteiger partial charge in [0.1, 0.15) is 17.3 Å². The molecule has 32 heavy (non-hydrogen) atoms. The molecule has 9 nitrogen and oxygen atoms in total. The lowest BCUT2D eigenvalue weighted by Crippen LogP contribution is -2.28. The van der Waals surface area contributed by atoms with Crippen LogP contribution >= 0.6 is 0 Å². The summed E-state index contributed by atoms with van der Waals surface area (Å²) < 4.78 is 42.3. The molecule has 0 atom stereocenters. The van der Waals surface area contributed by atoms with E-state index >= 15 is 0 Å². The first-order valence-corrected chi connectivity index (χ1v) is 9.56. The number of aldehydes is 1. The van der Waals surface area contributed by atoms with Gasteiger partial charge in [0.25, 0.3) is 0 Å². The van der Waals surface area contributed by atoms with E-state index in [1.807, 2.05) is 0 Å². The van der Waals surface area contributed by atoms with Crippen molar-refractivity contribution in [3.63, 3.8) is 0 Å². The Morgan fingerprint density at radius 1 is 1.22 bits per heavy atom. The van der Waals surface area contributed by atoms with E-state index in [1.54, 1.807) is 17.0 Å². The van der Waals surface area contributed by atoms with Crippen molar-refractivity contribution in [2.75, 3.05) is 0 Å². The lowest BCUT2D eigenvalue weighted by atomic mass is 10.1. The van der Waals surface area contributed by atoms with Crippen LogP contribution in [0, 0.1) is 0 Å². The molecule has 0 aliphatic carbocycles. The topological polar surface area (TPSA) is 138 Å². The second kappa shape index (κ2) is 11.5. The summed E-state index contributed by atoms with van der Waals surface area (Å²) in [6.45, 7) is 0.595. The number of carbonyl (C=O) groups excluding carboxylic acids is 2. The van der Waals surface area contributed by atoms with Crippen LogP contribution in [-0.2, 0) is 17.8 Å². The molecule has 0 saturated heterocycles. The Kier molecular flexibility index (Phi) is 8.81. The molecule has 1 aromatic heterocycles. The van der Waals surface area contributed by atoms with Crippen LogP contribution in [0.1, 0.15) is 35.3 Å². The Morgan fingerprint density at radius 3 is 2.69 bits per heavy atom. The fourth-order valence-electron chi connectivity index (χ4n) is 2.64. The first-order chi connectivity index (χ1) is 15.1. The smallest absolute Gasteiger partial charge is 0.406 e. The normalized spacial score (nSPS) is 12.5. The zero-order valence-corrected chi connectivity index (χ0v) is 17.0. The molecule has 0 spiro atoms. The Bertz CT molecular complexity index is 985. The summed E-state index contributed by atoms with van der Waals surface area (Å²) in [5.74, 6) is -0.864. The van der Waals surface area contributed by atoms with Gasteiger partial charge in [-0.15, -0.1) is 18.3 Å². The number of aryl methyl sites for hydroxylation is 1. The second-order valence-electron chi connectivity index (χ2n) is 6.77. The number of nitrogens with zero attached hydrogens (tertiary/aromatic N) is 3. The summed E-state index contributed by atoms with van der Waals surface area (Å²) in [5.41, 5.74) is 12.8. The van der Waals surface area contributed by atoms with Gasteiger partial charge in [-0.05, 0) is 49.1 Å². The van der Waals surface area contributed by atoms with Crippen molar-refractivity contribution in [2.24, 2.45) is 11.5 Å². The predicted octanol–water partition coefficient (Wildman–Crippen LogP) is 2.16. The van der Waals surface area contributed by atoms with Gasteiger partial charge in [0, 0.05) is 12.2 Å². The highest BCUT2D eigenvalue weighted by atomic mass is 19.4. The van der Waals surface area contributed by atoms with Crippen molar-refractivity contribution >= 4 is 12.2 Å². The number of hydrogen-bond acceptors (Lipinski definition) is 7. The van der Waals surface area contributed by atoms with Gasteiger partial charge in [0.05, 0.1) is 12.6 Å². The van der Waals surface area contributed by atoms with Gasteiger partial charge in [-0.1, -0.05) is 17.3 Å². The van der Waals surface area contributed by atoms with Crippen molar-refractivity contribution < 1.29 is 27.5 Å². The maximum absolute atomic E-state index is 12.3. The minimum Gasteiger partial charge on any atom is -0.406 e. The van der Waals surface area contributed by atoms with Crippen molar-refractivity contribution in [3.05, 3.63) is 65.4 Å². The number of benzene rings is 1. The summed E-state index contributed by atoms with van der Waals surface area (Å²) in [7, 11) is 0. The number of ether oxygens (including phenoxy) is 1. The fraction of sp³-hybridized carbons (Fsp3) is 0.300. The number of unbranched alkanes of at least 4 members (excludes halogenated alkanes) is 1. The molecule has 1 heterocycles. The van der Waals surface area contributed by atoms with Crippen LogP contribution in [0.25, 0.3) is 0 Å². The van der Waals surface area contributed by atoms with Crippen LogP contribution in [0.4, 0.5) is 13.2 Å². The van der Waals surface area contributed by atoms with Crippen LogP contribution in [0.3, 0.4) is 0 Å². The van der Waals surface area contributed by atoms with E-state index in [0.29, 0.717) is 30.5 Å². The highest BCUT2D eigenvalue weighted by Crippen LogP contribution is 2.23. The first-order valence-electron chi connectivity index (χ1n) is 9.56. The monoisotopic (exact) mass is 452 g/mol. The Hall–Kier alpha value is -3.83. The number of alkyl halides is 3. The fourth-order valence-corrected chi connectivity index (χ4v) is 2.64. The molecular formula is C20H23F3N6O3. The number of allylic oxidation sites excluding steroid dienone is 3. The van der Waals surface area contributed by atoms with Crippen molar-refractivity contribution in [3.8, 4) is 5.75 Å². The molecule has 0 fully saturated rings. The number of nitrogens with two attached hydrogens (primary N) is 2. The average Bonchev–Trinajstić information content (AvgIpc) is 3.16. The highest BCUT2D eigenvalue weighted by Gasteiger charge is 2.31. The maximum atomic E-state index is 12.3. The zero-order valence-electron chi connectivity index (χ0n) is 17.0. The maximum Gasteiger partial charge on any atom is 0.573 e. The summed E-state index contributed by atoms with van der Waals surface area (Å²) in [5, 5.41) is 9.91. The third-order valence-electron chi connectivity index (χ3n) is 4.04. The molecule has 12 heteroatoms. The molecule has 0 saturated carbocycles. The Morgan fingerprint density at radius 2 is 2.00 bits per heavy atom. The average molecular weight is 452 g/mol. The Labute approximate surface area is 181 Å². The molecule has 0 bridgehead atoms. The molecule has 0 aliphatic heterocycles. The number of hydrogen-bond donors (Lipinski definition) is 3. The molecule has 172 valence electrons. The molecule has 1 amide bonds. The van der Waals surface area contributed by atoms with Gasteiger partial charge in [-0.25, -0.2) is 0 Å². The number of carbonyl (C=O) groups is 2. The quantitative estimate of drug-likeness (QED) is 0.270. The van der Waals surface area contributed by atoms with E-state index in [4.69, 9.17) is 11.5 Å². The summed E-state index contributed by atoms with van der Waals surface area (Å²) >= 11 is 0. The molecule has 0 unspecified atom stereocenters. The highest BCUT2D eigenvalue weighted by molar-refractivity contribution is 5.80. The van der Waals surface area contributed by atoms with Gasteiger partial charge < -0.3 is 21.5 Å². The molecule has 2 aromatic rings. The lowest BCUT2D eigenvalue weighted by Gasteiger charge is -2.10. The van der Waals surface area contributed by atoms with Crippen LogP contribution in [0.2, 0.25) is 0 Å². The Balaban J connectivity index is 1.75. The molecule has 5 N–H and O–H groups in total. The van der Waals surface area contributed by atoms with Crippen LogP contribution in [0.15, 0.2) is 54.1 Å². The third kappa shape index (κ3) is 9.32. The second-order valence-corrected chi connectivity index (χ2v) is 6.77. The molecule has 1 aromatic carbocycles. The molecule has 0 aliphatic rings. The van der Waals surface area contributed by atoms with Gasteiger partial charge in [-0.3, -0.25) is 14.3 Å². The zero-order chi connectivity index (χ0) is 23.6. The van der Waals surface area contributed by atoms with E-state index in [2.05, 4.69) is 20.4 Å². The van der Waals surface area contributed by atoms with E-state index in [0.717, 1.165) is 25.0 Å². The number of rotatable bonds is 11. The predicted molar refractivity (Wildman–Crippen MR) is 109 cm³/mol. The van der Waals surface area contributed by atoms with Crippen molar-refractivity contribution in [2.45, 2.75) is 38.6 Å². The van der Waals surface area contributed by atoms with E-state index in [1.165, 1.54) is 18.2 Å². The third-order valence-corrected chi connectivity index (χ3v) is 4.04. The summed E-state index contributed by atoms with van der Waals surface area (Å²) in [4.78, 5) is 22.6. The van der Waals surface area contributed by atoms with Crippen LogP contribution in [0.5, 0.6) is 5.75 Å². The summed E-state index contributed by atoms with van der Waals surface area (Å²) in [6.07, 6.45) is 2.29. The minimum atomic E-state index is -4.81. The summed E-state index contributed by atoms with van der Waals surface area (Å²) in [6, 6.07) is 5.13. The van der Waals surface area contributed by atoms with E-state index < -0.39 is 18.0 Å². The lowest BCUT2D eigenvalue weighted by molar-refractivity contribution is -0.274. The minimum absolute atomic E-state index is 0.0460. The van der Waals surface area contributed by atoms with Crippen molar-refractivity contribution in [1.29, 1.82) is 0 Å².